The van der Waals surface area contributed by atoms with Crippen LogP contribution in [0.5, 0.6) is 5.75 Å². The van der Waals surface area contributed by atoms with E-state index in [2.05, 4.69) is 5.92 Å². The summed E-state index contributed by atoms with van der Waals surface area (Å²) in [7, 11) is 0. The van der Waals surface area contributed by atoms with E-state index in [1.165, 1.54) is 12.1 Å². The number of ether oxygens (including phenoxy) is 1. The van der Waals surface area contributed by atoms with Gasteiger partial charge in [-0.25, -0.2) is 0 Å². The highest BCUT2D eigenvalue weighted by Gasteiger charge is 2.20. The molecular formula is C11H7IN2O3. The predicted octanol–water partition coefficient (Wildman–Crippen LogP) is 2.47. The van der Waals surface area contributed by atoms with Gasteiger partial charge in [0, 0.05) is 12.5 Å². The Morgan fingerprint density at radius 1 is 1.59 bits per heavy atom. The lowest BCUT2D eigenvalue weighted by atomic mass is 10.2. The number of halogens is 1. The Morgan fingerprint density at radius 2 is 2.29 bits per heavy atom. The van der Waals surface area contributed by atoms with Gasteiger partial charge >= 0.3 is 5.69 Å². The largest absolute Gasteiger partial charge is 0.485 e. The first-order valence-electron chi connectivity index (χ1n) is 4.54. The van der Waals surface area contributed by atoms with Crippen LogP contribution in [0.15, 0.2) is 12.1 Å². The summed E-state index contributed by atoms with van der Waals surface area (Å²) < 4.78 is 5.79. The molecule has 0 amide bonds. The molecule has 0 spiro atoms. The van der Waals surface area contributed by atoms with Gasteiger partial charge in [-0.15, -0.1) is 12.3 Å². The molecule has 0 N–H and O–H groups in total. The van der Waals surface area contributed by atoms with E-state index in [4.69, 9.17) is 16.4 Å². The van der Waals surface area contributed by atoms with Crippen LogP contribution in [0.2, 0.25) is 0 Å². The summed E-state index contributed by atoms with van der Waals surface area (Å²) >= 11 is 1.89. The second-order valence-corrected chi connectivity index (χ2v) is 4.14. The van der Waals surface area contributed by atoms with Gasteiger partial charge in [-0.1, -0.05) is 0 Å². The minimum absolute atomic E-state index is 0.157. The van der Waals surface area contributed by atoms with Gasteiger partial charge in [0.1, 0.15) is 0 Å². The van der Waals surface area contributed by atoms with Crippen molar-refractivity contribution in [1.29, 1.82) is 5.26 Å². The SMILES string of the molecule is C#CCCOc1c(I)cc(C#N)cc1[N+](=O)[O-]. The molecule has 17 heavy (non-hydrogen) atoms. The molecule has 0 heterocycles. The zero-order valence-corrected chi connectivity index (χ0v) is 10.8. The van der Waals surface area contributed by atoms with E-state index >= 15 is 0 Å². The number of nitrogens with zero attached hydrogens (tertiary/aromatic N) is 2. The molecule has 5 nitrogen and oxygen atoms in total. The Bertz CT molecular complexity index is 529. The average molecular weight is 342 g/mol. The van der Waals surface area contributed by atoms with Crippen LogP contribution in [-0.4, -0.2) is 11.5 Å². The summed E-state index contributed by atoms with van der Waals surface area (Å²) in [5.74, 6) is 2.54. The topological polar surface area (TPSA) is 76.2 Å². The van der Waals surface area contributed by atoms with Crippen LogP contribution in [0.1, 0.15) is 12.0 Å². The molecule has 0 saturated heterocycles. The van der Waals surface area contributed by atoms with Crippen LogP contribution in [-0.2, 0) is 0 Å². The molecule has 0 fully saturated rings. The number of rotatable bonds is 4. The van der Waals surface area contributed by atoms with Crippen LogP contribution >= 0.6 is 22.6 Å². The second-order valence-electron chi connectivity index (χ2n) is 2.98. The molecule has 0 aliphatic heterocycles. The summed E-state index contributed by atoms with van der Waals surface area (Å²) in [6.07, 6.45) is 5.43. The van der Waals surface area contributed by atoms with Gasteiger partial charge in [0.05, 0.1) is 26.7 Å². The maximum absolute atomic E-state index is 10.8. The Kier molecular flexibility index (Phi) is 4.73. The first-order chi connectivity index (χ1) is 8.10. The van der Waals surface area contributed by atoms with Crippen LogP contribution in [0.25, 0.3) is 0 Å². The van der Waals surface area contributed by atoms with Gasteiger partial charge in [0.15, 0.2) is 0 Å². The van der Waals surface area contributed by atoms with E-state index in [9.17, 15) is 10.1 Å². The fourth-order valence-electron chi connectivity index (χ4n) is 1.13. The summed E-state index contributed by atoms with van der Waals surface area (Å²) in [6, 6.07) is 4.57. The lowest BCUT2D eigenvalue weighted by Crippen LogP contribution is -2.02. The molecule has 0 unspecified atom stereocenters. The summed E-state index contributed by atoms with van der Waals surface area (Å²) in [5, 5.41) is 19.6. The van der Waals surface area contributed by atoms with Crippen molar-refractivity contribution in [3.63, 3.8) is 0 Å². The third kappa shape index (κ3) is 3.33. The third-order valence-electron chi connectivity index (χ3n) is 1.84. The molecule has 0 aliphatic carbocycles. The molecule has 0 aliphatic rings. The van der Waals surface area contributed by atoms with Crippen molar-refractivity contribution in [3.8, 4) is 24.2 Å². The molecule has 0 radical (unpaired) electrons. The first-order valence-corrected chi connectivity index (χ1v) is 5.62. The van der Waals surface area contributed by atoms with Crippen molar-refractivity contribution < 1.29 is 9.66 Å². The van der Waals surface area contributed by atoms with E-state index in [0.717, 1.165) is 0 Å². The number of hydrogen-bond donors (Lipinski definition) is 0. The predicted molar refractivity (Wildman–Crippen MR) is 69.5 cm³/mol. The maximum atomic E-state index is 10.8. The number of benzene rings is 1. The van der Waals surface area contributed by atoms with Gasteiger partial charge in [0.25, 0.3) is 0 Å². The van der Waals surface area contributed by atoms with Gasteiger partial charge in [-0.2, -0.15) is 5.26 Å². The molecule has 86 valence electrons. The van der Waals surface area contributed by atoms with Gasteiger partial charge in [-0.3, -0.25) is 10.1 Å². The van der Waals surface area contributed by atoms with Crippen molar-refractivity contribution in [2.45, 2.75) is 6.42 Å². The van der Waals surface area contributed by atoms with Crippen molar-refractivity contribution in [3.05, 3.63) is 31.4 Å². The smallest absolute Gasteiger partial charge is 0.313 e. The van der Waals surface area contributed by atoms with Crippen LogP contribution in [0, 0.1) is 37.4 Å². The highest BCUT2D eigenvalue weighted by atomic mass is 127. The standard InChI is InChI=1S/C11H7IN2O3/c1-2-3-4-17-11-9(12)5-8(7-13)6-10(11)14(15)16/h1,5-6H,3-4H2. The zero-order chi connectivity index (χ0) is 12.8. The molecule has 1 aromatic carbocycles. The number of hydrogen-bond acceptors (Lipinski definition) is 4. The highest BCUT2D eigenvalue weighted by molar-refractivity contribution is 14.1. The highest BCUT2D eigenvalue weighted by Crippen LogP contribution is 2.33. The first kappa shape index (κ1) is 13.3. The van der Waals surface area contributed by atoms with E-state index in [1.807, 2.05) is 28.7 Å². The van der Waals surface area contributed by atoms with Crippen LogP contribution in [0.3, 0.4) is 0 Å². The van der Waals surface area contributed by atoms with E-state index in [1.54, 1.807) is 0 Å². The fraction of sp³-hybridized carbons (Fsp3) is 0.182. The fourth-order valence-corrected chi connectivity index (χ4v) is 1.90. The number of nitriles is 1. The summed E-state index contributed by atoms with van der Waals surface area (Å²) in [5.41, 5.74) is 0.0101. The molecule has 0 aromatic heterocycles. The Hall–Kier alpha value is -1.80. The Balaban J connectivity index is 3.15. The maximum Gasteiger partial charge on any atom is 0.313 e. The second kappa shape index (κ2) is 6.06. The summed E-state index contributed by atoms with van der Waals surface area (Å²) in [6.45, 7) is 0.208. The Morgan fingerprint density at radius 3 is 2.82 bits per heavy atom. The Labute approximate surface area is 112 Å². The summed E-state index contributed by atoms with van der Waals surface area (Å²) in [4.78, 5) is 10.3. The molecule has 0 atom stereocenters. The number of terminal acetylenes is 1. The van der Waals surface area contributed by atoms with Crippen molar-refractivity contribution in [1.82, 2.24) is 0 Å². The number of nitro benzene ring substituents is 1. The van der Waals surface area contributed by atoms with E-state index < -0.39 is 4.92 Å². The number of nitro groups is 1. The molecule has 6 heteroatoms. The molecule has 1 rings (SSSR count). The normalized spacial score (nSPS) is 9.12. The van der Waals surface area contributed by atoms with Crippen molar-refractivity contribution in [2.24, 2.45) is 0 Å². The van der Waals surface area contributed by atoms with E-state index in [0.29, 0.717) is 9.99 Å². The van der Waals surface area contributed by atoms with Gasteiger partial charge < -0.3 is 4.74 Å². The molecule has 0 bridgehead atoms. The van der Waals surface area contributed by atoms with Crippen molar-refractivity contribution >= 4 is 28.3 Å². The van der Waals surface area contributed by atoms with Crippen molar-refractivity contribution in [2.75, 3.05) is 6.61 Å². The lowest BCUT2D eigenvalue weighted by Gasteiger charge is -2.07. The molecular weight excluding hydrogens is 335 g/mol. The minimum atomic E-state index is -0.575. The average Bonchev–Trinajstić information content (AvgIpc) is 2.30. The van der Waals surface area contributed by atoms with Crippen LogP contribution in [0.4, 0.5) is 5.69 Å². The van der Waals surface area contributed by atoms with Gasteiger partial charge in [-0.05, 0) is 28.7 Å². The van der Waals surface area contributed by atoms with E-state index in [-0.39, 0.29) is 23.6 Å². The lowest BCUT2D eigenvalue weighted by molar-refractivity contribution is -0.386. The third-order valence-corrected chi connectivity index (χ3v) is 2.64. The van der Waals surface area contributed by atoms with Crippen LogP contribution < -0.4 is 4.74 Å². The molecule has 1 aromatic rings. The molecule has 0 saturated carbocycles. The minimum Gasteiger partial charge on any atom is -0.485 e. The zero-order valence-electron chi connectivity index (χ0n) is 8.64. The monoisotopic (exact) mass is 342 g/mol. The van der Waals surface area contributed by atoms with Gasteiger partial charge in [0.2, 0.25) is 5.75 Å². The quantitative estimate of drug-likeness (QED) is 0.277.